The molecule has 0 radical (unpaired) electrons. The summed E-state index contributed by atoms with van der Waals surface area (Å²) in [4.78, 5) is 5.00. The lowest BCUT2D eigenvalue weighted by Gasteiger charge is -2.48. The van der Waals surface area contributed by atoms with E-state index in [1.165, 1.54) is 31.9 Å². The smallest absolute Gasteiger partial charge is 0.130 e. The molecule has 0 bridgehead atoms. The van der Waals surface area contributed by atoms with E-state index in [1.54, 1.807) is 6.07 Å². The molecule has 0 spiro atoms. The normalized spacial score (nSPS) is 27.6. The van der Waals surface area contributed by atoms with E-state index in [0.29, 0.717) is 24.2 Å². The molecule has 21 heavy (non-hydrogen) atoms. The molecule has 2 atom stereocenters. The molecular weight excluding hydrogens is 270 g/mol. The number of piperazine rings is 1. The summed E-state index contributed by atoms with van der Waals surface area (Å²) in [6.07, 6.45) is 4.93. The Morgan fingerprint density at radius 2 is 2.05 bits per heavy atom. The van der Waals surface area contributed by atoms with Crippen molar-refractivity contribution >= 4 is 0 Å². The molecule has 1 aromatic carbocycles. The van der Waals surface area contributed by atoms with Gasteiger partial charge in [0.15, 0.2) is 0 Å². The number of piperidine rings is 1. The molecule has 0 saturated carbocycles. The Kier molecular flexibility index (Phi) is 4.55. The van der Waals surface area contributed by atoms with Crippen molar-refractivity contribution in [1.29, 1.82) is 0 Å². The number of benzene rings is 1. The first-order valence-corrected chi connectivity index (χ1v) is 8.09. The van der Waals surface area contributed by atoms with Crippen molar-refractivity contribution in [1.82, 2.24) is 9.80 Å². The van der Waals surface area contributed by atoms with E-state index < -0.39 is 11.6 Å². The van der Waals surface area contributed by atoms with Crippen LogP contribution in [0.3, 0.4) is 0 Å². The maximum Gasteiger partial charge on any atom is 0.130 e. The van der Waals surface area contributed by atoms with Crippen LogP contribution in [0.25, 0.3) is 0 Å². The van der Waals surface area contributed by atoms with Crippen LogP contribution in [-0.4, -0.2) is 41.5 Å². The largest absolute Gasteiger partial charge is 0.298 e. The van der Waals surface area contributed by atoms with E-state index in [9.17, 15) is 8.78 Å². The molecule has 0 N–H and O–H groups in total. The fraction of sp³-hybridized carbons (Fsp3) is 0.647. The summed E-state index contributed by atoms with van der Waals surface area (Å²) in [5.41, 5.74) is 0.610. The van der Waals surface area contributed by atoms with Gasteiger partial charge in [0.2, 0.25) is 0 Å². The highest BCUT2D eigenvalue weighted by molar-refractivity contribution is 5.18. The highest BCUT2D eigenvalue weighted by Crippen LogP contribution is 2.27. The van der Waals surface area contributed by atoms with E-state index in [1.807, 2.05) is 0 Å². The minimum atomic E-state index is -0.500. The average molecular weight is 294 g/mol. The predicted octanol–water partition coefficient (Wildman–Crippen LogP) is 3.41. The number of nitrogens with zero attached hydrogens (tertiary/aromatic N) is 2. The van der Waals surface area contributed by atoms with Gasteiger partial charge in [-0.25, -0.2) is 8.78 Å². The van der Waals surface area contributed by atoms with Crippen LogP contribution < -0.4 is 0 Å². The molecule has 0 amide bonds. The number of hydrogen-bond acceptors (Lipinski definition) is 2. The lowest BCUT2D eigenvalue weighted by molar-refractivity contribution is 0.00279. The molecule has 2 fully saturated rings. The predicted molar refractivity (Wildman–Crippen MR) is 80.1 cm³/mol. The molecule has 1 aromatic rings. The van der Waals surface area contributed by atoms with Gasteiger partial charge in [0.05, 0.1) is 0 Å². The molecule has 3 rings (SSSR count). The van der Waals surface area contributed by atoms with Crippen LogP contribution in [0.2, 0.25) is 0 Å². The topological polar surface area (TPSA) is 6.48 Å². The third-order valence-corrected chi connectivity index (χ3v) is 5.02. The zero-order valence-electron chi connectivity index (χ0n) is 12.7. The van der Waals surface area contributed by atoms with Crippen LogP contribution in [0.15, 0.2) is 18.2 Å². The van der Waals surface area contributed by atoms with Gasteiger partial charge in [-0.2, -0.15) is 0 Å². The zero-order chi connectivity index (χ0) is 14.8. The van der Waals surface area contributed by atoms with Crippen LogP contribution in [0.5, 0.6) is 0 Å². The molecule has 2 saturated heterocycles. The zero-order valence-corrected chi connectivity index (χ0v) is 12.7. The van der Waals surface area contributed by atoms with Crippen molar-refractivity contribution in [3.05, 3.63) is 35.4 Å². The fourth-order valence-electron chi connectivity index (χ4n) is 3.76. The van der Waals surface area contributed by atoms with Gasteiger partial charge in [-0.3, -0.25) is 9.80 Å². The van der Waals surface area contributed by atoms with Crippen molar-refractivity contribution in [2.45, 2.75) is 51.2 Å². The molecule has 116 valence electrons. The van der Waals surface area contributed by atoms with E-state index in [-0.39, 0.29) is 0 Å². The second-order valence-electron chi connectivity index (χ2n) is 6.37. The third kappa shape index (κ3) is 3.27. The van der Waals surface area contributed by atoms with Crippen molar-refractivity contribution < 1.29 is 8.78 Å². The van der Waals surface area contributed by atoms with Crippen molar-refractivity contribution in [2.24, 2.45) is 0 Å². The third-order valence-electron chi connectivity index (χ3n) is 5.02. The first-order chi connectivity index (χ1) is 10.2. The molecule has 2 nitrogen and oxygen atoms in total. The number of fused-ring (bicyclic) bond motifs is 1. The molecule has 0 aliphatic carbocycles. The van der Waals surface area contributed by atoms with Crippen LogP contribution in [-0.2, 0) is 6.54 Å². The SMILES string of the molecule is CCC1CN2CCCCC2CN1Cc1ccc(F)cc1F. The quantitative estimate of drug-likeness (QED) is 0.843. The summed E-state index contributed by atoms with van der Waals surface area (Å²) < 4.78 is 26.9. The highest BCUT2D eigenvalue weighted by Gasteiger charge is 2.34. The average Bonchev–Trinajstić information content (AvgIpc) is 2.49. The van der Waals surface area contributed by atoms with Gasteiger partial charge in [0.25, 0.3) is 0 Å². The molecule has 0 aromatic heterocycles. The summed E-state index contributed by atoms with van der Waals surface area (Å²) in [6.45, 7) is 6.09. The monoisotopic (exact) mass is 294 g/mol. The Morgan fingerprint density at radius 3 is 2.81 bits per heavy atom. The molecule has 2 aliphatic rings. The van der Waals surface area contributed by atoms with Gasteiger partial charge in [0.1, 0.15) is 11.6 Å². The number of halogens is 2. The van der Waals surface area contributed by atoms with Crippen molar-refractivity contribution in [3.8, 4) is 0 Å². The van der Waals surface area contributed by atoms with E-state index in [0.717, 1.165) is 25.6 Å². The Morgan fingerprint density at radius 1 is 1.19 bits per heavy atom. The highest BCUT2D eigenvalue weighted by atomic mass is 19.1. The minimum absolute atomic E-state index is 0.420. The first kappa shape index (κ1) is 14.9. The molecule has 2 heterocycles. The summed E-state index contributed by atoms with van der Waals surface area (Å²) >= 11 is 0. The van der Waals surface area contributed by atoms with E-state index in [2.05, 4.69) is 16.7 Å². The lowest BCUT2D eigenvalue weighted by Crippen LogP contribution is -2.59. The molecule has 2 unspecified atom stereocenters. The Bertz CT molecular complexity index is 492. The standard InChI is InChI=1S/C17H24F2N2/c1-2-15-11-20-8-4-3-5-16(20)12-21(15)10-13-6-7-14(18)9-17(13)19/h6-7,9,15-16H,2-5,8,10-12H2,1H3. The Labute approximate surface area is 125 Å². The first-order valence-electron chi connectivity index (χ1n) is 8.09. The summed E-state index contributed by atoms with van der Waals surface area (Å²) in [5.74, 6) is -0.920. The number of hydrogen-bond donors (Lipinski definition) is 0. The van der Waals surface area contributed by atoms with Crippen molar-refractivity contribution in [2.75, 3.05) is 19.6 Å². The summed E-state index contributed by atoms with van der Waals surface area (Å²) in [7, 11) is 0. The molecular formula is C17H24F2N2. The van der Waals surface area contributed by atoms with Crippen molar-refractivity contribution in [3.63, 3.8) is 0 Å². The Hall–Kier alpha value is -1.00. The van der Waals surface area contributed by atoms with Crippen LogP contribution in [0.4, 0.5) is 8.78 Å². The van der Waals surface area contributed by atoms with Gasteiger partial charge in [-0.1, -0.05) is 19.4 Å². The Balaban J connectivity index is 1.73. The fourth-order valence-corrected chi connectivity index (χ4v) is 3.76. The van der Waals surface area contributed by atoms with E-state index in [4.69, 9.17) is 0 Å². The molecule has 4 heteroatoms. The summed E-state index contributed by atoms with van der Waals surface area (Å²) in [6, 6.07) is 5.03. The van der Waals surface area contributed by atoms with Gasteiger partial charge < -0.3 is 0 Å². The molecule has 2 aliphatic heterocycles. The lowest BCUT2D eigenvalue weighted by atomic mass is 9.95. The maximum atomic E-state index is 13.9. The van der Waals surface area contributed by atoms with Crippen LogP contribution >= 0.6 is 0 Å². The van der Waals surface area contributed by atoms with Gasteiger partial charge >= 0.3 is 0 Å². The van der Waals surface area contributed by atoms with Gasteiger partial charge in [-0.05, 0) is 31.9 Å². The minimum Gasteiger partial charge on any atom is -0.298 e. The van der Waals surface area contributed by atoms with Crippen LogP contribution in [0, 0.1) is 11.6 Å². The number of rotatable bonds is 3. The van der Waals surface area contributed by atoms with Crippen LogP contribution in [0.1, 0.15) is 38.2 Å². The maximum absolute atomic E-state index is 13.9. The summed E-state index contributed by atoms with van der Waals surface area (Å²) in [5, 5.41) is 0. The van der Waals surface area contributed by atoms with E-state index >= 15 is 0 Å². The van der Waals surface area contributed by atoms with Gasteiger partial charge in [-0.15, -0.1) is 0 Å². The van der Waals surface area contributed by atoms with Gasteiger partial charge in [0, 0.05) is 43.3 Å². The second kappa shape index (κ2) is 6.41. The second-order valence-corrected chi connectivity index (χ2v) is 6.37.